The number of rotatable bonds is 1. The summed E-state index contributed by atoms with van der Waals surface area (Å²) in [6.07, 6.45) is 1.35. The van der Waals surface area contributed by atoms with E-state index in [4.69, 9.17) is 9.47 Å². The Labute approximate surface area is 147 Å². The number of benzene rings is 1. The summed E-state index contributed by atoms with van der Waals surface area (Å²) in [5.74, 6) is 1.52. The van der Waals surface area contributed by atoms with Crippen LogP contribution in [0, 0.1) is 5.41 Å². The summed E-state index contributed by atoms with van der Waals surface area (Å²) in [6.45, 7) is 3.06. The molecule has 1 aromatic carbocycles. The van der Waals surface area contributed by atoms with E-state index >= 15 is 0 Å². The van der Waals surface area contributed by atoms with Crippen LogP contribution in [0.4, 0.5) is 10.5 Å². The van der Waals surface area contributed by atoms with Crippen molar-refractivity contribution < 1.29 is 19.1 Å². The number of carbonyl (C=O) groups excluding carboxylic acids is 2. The molecule has 134 valence electrons. The minimum absolute atomic E-state index is 0.0158. The van der Waals surface area contributed by atoms with Gasteiger partial charge in [0.1, 0.15) is 13.2 Å². The molecule has 0 aliphatic carbocycles. The van der Waals surface area contributed by atoms with Crippen molar-refractivity contribution in [1.82, 2.24) is 9.80 Å². The number of nitrogens with zero attached hydrogens (tertiary/aromatic N) is 3. The van der Waals surface area contributed by atoms with Gasteiger partial charge in [-0.15, -0.1) is 0 Å². The van der Waals surface area contributed by atoms with Crippen molar-refractivity contribution in [2.45, 2.75) is 12.8 Å². The van der Waals surface area contributed by atoms with Crippen LogP contribution in [0.25, 0.3) is 0 Å². The molecule has 4 rings (SSSR count). The van der Waals surface area contributed by atoms with Gasteiger partial charge in [0.05, 0.1) is 0 Å². The predicted octanol–water partition coefficient (Wildman–Crippen LogP) is 1.57. The average molecular weight is 345 g/mol. The number of ether oxygens (including phenoxy) is 2. The molecule has 2 fully saturated rings. The van der Waals surface area contributed by atoms with Crippen molar-refractivity contribution in [3.8, 4) is 11.5 Å². The van der Waals surface area contributed by atoms with E-state index < -0.39 is 0 Å². The minimum atomic E-state index is -0.143. The van der Waals surface area contributed by atoms with Crippen LogP contribution < -0.4 is 14.4 Å². The van der Waals surface area contributed by atoms with Gasteiger partial charge in [0.2, 0.25) is 5.91 Å². The molecule has 7 heteroatoms. The van der Waals surface area contributed by atoms with Crippen molar-refractivity contribution in [3.05, 3.63) is 18.2 Å². The van der Waals surface area contributed by atoms with Crippen LogP contribution in [0.3, 0.4) is 0 Å². The maximum atomic E-state index is 12.7. The third-order valence-corrected chi connectivity index (χ3v) is 5.25. The lowest BCUT2D eigenvalue weighted by atomic mass is 9.86. The number of hydrogen-bond donors (Lipinski definition) is 0. The summed E-state index contributed by atoms with van der Waals surface area (Å²) in [7, 11) is 3.52. The molecule has 3 aliphatic heterocycles. The largest absolute Gasteiger partial charge is 0.486 e. The molecule has 0 saturated carbocycles. The molecule has 1 spiro atoms. The fourth-order valence-corrected chi connectivity index (χ4v) is 3.99. The molecule has 1 aromatic rings. The Morgan fingerprint density at radius 2 is 1.92 bits per heavy atom. The van der Waals surface area contributed by atoms with Gasteiger partial charge in [0.15, 0.2) is 11.5 Å². The van der Waals surface area contributed by atoms with E-state index in [1.807, 2.05) is 28.0 Å². The van der Waals surface area contributed by atoms with E-state index in [0.29, 0.717) is 45.0 Å². The van der Waals surface area contributed by atoms with Gasteiger partial charge in [-0.3, -0.25) is 4.79 Å². The van der Waals surface area contributed by atoms with Gasteiger partial charge in [-0.1, -0.05) is 0 Å². The Balaban J connectivity index is 1.52. The first-order valence-corrected chi connectivity index (χ1v) is 8.64. The van der Waals surface area contributed by atoms with Crippen molar-refractivity contribution in [2.75, 3.05) is 51.8 Å². The summed E-state index contributed by atoms with van der Waals surface area (Å²) in [5, 5.41) is 0. The number of anilines is 1. The second kappa shape index (κ2) is 5.82. The smallest absolute Gasteiger partial charge is 0.319 e. The van der Waals surface area contributed by atoms with E-state index in [2.05, 4.69) is 0 Å². The lowest BCUT2D eigenvalue weighted by Gasteiger charge is -2.26. The topological polar surface area (TPSA) is 62.3 Å². The zero-order valence-electron chi connectivity index (χ0n) is 14.7. The van der Waals surface area contributed by atoms with Gasteiger partial charge in [0.25, 0.3) is 0 Å². The molecule has 25 heavy (non-hydrogen) atoms. The van der Waals surface area contributed by atoms with Crippen LogP contribution in [-0.2, 0) is 4.79 Å². The Bertz CT molecular complexity index is 720. The highest BCUT2D eigenvalue weighted by molar-refractivity contribution is 5.97. The molecule has 2 saturated heterocycles. The van der Waals surface area contributed by atoms with Gasteiger partial charge in [0, 0.05) is 57.3 Å². The van der Waals surface area contributed by atoms with Crippen LogP contribution in [0.15, 0.2) is 18.2 Å². The minimum Gasteiger partial charge on any atom is -0.486 e. The molecule has 1 atom stereocenters. The van der Waals surface area contributed by atoms with E-state index in [-0.39, 0.29) is 17.4 Å². The molecule has 0 unspecified atom stereocenters. The zero-order valence-corrected chi connectivity index (χ0v) is 14.7. The summed E-state index contributed by atoms with van der Waals surface area (Å²) in [6, 6.07) is 5.66. The quantitative estimate of drug-likeness (QED) is 0.775. The van der Waals surface area contributed by atoms with E-state index in [1.54, 1.807) is 19.0 Å². The summed E-state index contributed by atoms with van der Waals surface area (Å²) in [4.78, 5) is 30.1. The molecule has 0 bridgehead atoms. The molecule has 7 nitrogen and oxygen atoms in total. The van der Waals surface area contributed by atoms with Crippen molar-refractivity contribution in [2.24, 2.45) is 5.41 Å². The maximum absolute atomic E-state index is 12.7. The lowest BCUT2D eigenvalue weighted by Crippen LogP contribution is -2.39. The second-order valence-electron chi connectivity index (χ2n) is 7.33. The van der Waals surface area contributed by atoms with Crippen LogP contribution in [0.1, 0.15) is 12.8 Å². The lowest BCUT2D eigenvalue weighted by molar-refractivity contribution is -0.117. The van der Waals surface area contributed by atoms with Crippen LogP contribution in [0.5, 0.6) is 11.5 Å². The first kappa shape index (κ1) is 16.1. The van der Waals surface area contributed by atoms with Gasteiger partial charge in [-0.2, -0.15) is 0 Å². The van der Waals surface area contributed by atoms with Gasteiger partial charge in [-0.25, -0.2) is 4.79 Å². The number of fused-ring (bicyclic) bond motifs is 1. The number of likely N-dealkylation sites (tertiary alicyclic amines) is 1. The van der Waals surface area contributed by atoms with Crippen molar-refractivity contribution in [3.63, 3.8) is 0 Å². The van der Waals surface area contributed by atoms with Gasteiger partial charge < -0.3 is 24.2 Å². The maximum Gasteiger partial charge on any atom is 0.319 e. The SMILES string of the molecule is CN(C)C(=O)N1CC[C@]2(CC(=O)N(c3ccc4c(c3)OCCO4)C2)C1. The fourth-order valence-electron chi connectivity index (χ4n) is 3.99. The van der Waals surface area contributed by atoms with Crippen LogP contribution >= 0.6 is 0 Å². The summed E-state index contributed by atoms with van der Waals surface area (Å²) < 4.78 is 11.2. The molecular weight excluding hydrogens is 322 g/mol. The third-order valence-electron chi connectivity index (χ3n) is 5.25. The molecule has 3 amide bonds. The number of hydrogen-bond acceptors (Lipinski definition) is 4. The molecule has 0 aromatic heterocycles. The molecule has 0 N–H and O–H groups in total. The Kier molecular flexibility index (Phi) is 3.74. The monoisotopic (exact) mass is 345 g/mol. The Morgan fingerprint density at radius 1 is 1.16 bits per heavy atom. The Morgan fingerprint density at radius 3 is 2.68 bits per heavy atom. The predicted molar refractivity (Wildman–Crippen MR) is 92.1 cm³/mol. The molecule has 3 heterocycles. The second-order valence-corrected chi connectivity index (χ2v) is 7.33. The van der Waals surface area contributed by atoms with Crippen LogP contribution in [-0.4, -0.2) is 68.7 Å². The average Bonchev–Trinajstić information content (AvgIpc) is 3.17. The van der Waals surface area contributed by atoms with Crippen LogP contribution in [0.2, 0.25) is 0 Å². The van der Waals surface area contributed by atoms with Gasteiger partial charge >= 0.3 is 6.03 Å². The van der Waals surface area contributed by atoms with Crippen molar-refractivity contribution >= 4 is 17.6 Å². The van der Waals surface area contributed by atoms with E-state index in [0.717, 1.165) is 17.9 Å². The highest BCUT2D eigenvalue weighted by atomic mass is 16.6. The highest BCUT2D eigenvalue weighted by Gasteiger charge is 2.49. The number of amides is 3. The van der Waals surface area contributed by atoms with E-state index in [1.165, 1.54) is 0 Å². The zero-order chi connectivity index (χ0) is 17.6. The summed E-state index contributed by atoms with van der Waals surface area (Å²) in [5.41, 5.74) is 0.694. The first-order valence-electron chi connectivity index (χ1n) is 8.64. The number of carbonyl (C=O) groups is 2. The fraction of sp³-hybridized carbons (Fsp3) is 0.556. The molecule has 0 radical (unpaired) electrons. The molecular formula is C18H23N3O4. The normalized spacial score (nSPS) is 25.0. The Hall–Kier alpha value is -2.44. The highest BCUT2D eigenvalue weighted by Crippen LogP contribution is 2.43. The van der Waals surface area contributed by atoms with E-state index in [9.17, 15) is 9.59 Å². The summed E-state index contributed by atoms with van der Waals surface area (Å²) >= 11 is 0. The molecule has 3 aliphatic rings. The number of urea groups is 1. The van der Waals surface area contributed by atoms with Crippen molar-refractivity contribution in [1.29, 1.82) is 0 Å². The van der Waals surface area contributed by atoms with Gasteiger partial charge in [-0.05, 0) is 18.6 Å². The third kappa shape index (κ3) is 2.77. The first-order chi connectivity index (χ1) is 12.0. The standard InChI is InChI=1S/C18H23N3O4/c1-19(2)17(23)20-6-5-18(11-20)10-16(22)21(12-18)13-3-4-14-15(9-13)25-8-7-24-14/h3-4,9H,5-8,10-12H2,1-2H3/t18-/m0/s1.